The van der Waals surface area contributed by atoms with Crippen LogP contribution < -0.4 is 15.8 Å². The monoisotopic (exact) mass is 266 g/mol. The summed E-state index contributed by atoms with van der Waals surface area (Å²) < 4.78 is 24.4. The van der Waals surface area contributed by atoms with Crippen LogP contribution in [0.25, 0.3) is 0 Å². The third-order valence-electron chi connectivity index (χ3n) is 1.66. The normalized spacial score (nSPS) is 13.5. The number of oxime groups is 1. The highest BCUT2D eigenvalue weighted by molar-refractivity contribution is 7.88. The molecule has 0 aromatic heterocycles. The lowest BCUT2D eigenvalue weighted by atomic mass is 10.1. The SMILES string of the molecule is CC(C)(CNC(=O)C/C(N)=N/O)NS(C)(=O)=O. The maximum atomic E-state index is 11.3. The minimum atomic E-state index is -3.35. The average Bonchev–Trinajstić information content (AvgIpc) is 2.11. The van der Waals surface area contributed by atoms with Crippen LogP contribution in [0, 0.1) is 0 Å². The third kappa shape index (κ3) is 8.46. The van der Waals surface area contributed by atoms with E-state index in [1.54, 1.807) is 13.8 Å². The number of rotatable bonds is 6. The van der Waals surface area contributed by atoms with E-state index in [1.165, 1.54) is 0 Å². The predicted octanol–water partition coefficient (Wildman–Crippen LogP) is -1.43. The molecule has 0 atom stereocenters. The van der Waals surface area contributed by atoms with Gasteiger partial charge in [0.25, 0.3) is 0 Å². The van der Waals surface area contributed by atoms with Gasteiger partial charge in [-0.05, 0) is 13.8 Å². The quantitative estimate of drug-likeness (QED) is 0.202. The molecule has 17 heavy (non-hydrogen) atoms. The second-order valence-corrected chi connectivity index (χ2v) is 6.05. The van der Waals surface area contributed by atoms with Gasteiger partial charge in [0.2, 0.25) is 15.9 Å². The first-order chi connectivity index (χ1) is 7.56. The fraction of sp³-hybridized carbons (Fsp3) is 0.750. The lowest BCUT2D eigenvalue weighted by Crippen LogP contribution is -2.51. The maximum absolute atomic E-state index is 11.3. The fourth-order valence-corrected chi connectivity index (χ4v) is 2.20. The number of carbonyl (C=O) groups excluding carboxylic acids is 1. The van der Waals surface area contributed by atoms with Crippen molar-refractivity contribution in [2.24, 2.45) is 10.9 Å². The topological polar surface area (TPSA) is 134 Å². The Labute approximate surface area is 100 Å². The molecule has 0 aliphatic rings. The summed E-state index contributed by atoms with van der Waals surface area (Å²) in [5.74, 6) is -0.667. The van der Waals surface area contributed by atoms with E-state index in [2.05, 4.69) is 15.2 Å². The maximum Gasteiger partial charge on any atom is 0.227 e. The predicted molar refractivity (Wildman–Crippen MR) is 63.1 cm³/mol. The van der Waals surface area contributed by atoms with Gasteiger partial charge < -0.3 is 16.3 Å². The number of nitrogens with zero attached hydrogens (tertiary/aromatic N) is 1. The first-order valence-electron chi connectivity index (χ1n) is 4.78. The second kappa shape index (κ2) is 5.82. The van der Waals surface area contributed by atoms with Gasteiger partial charge in [0.05, 0.1) is 12.7 Å². The lowest BCUT2D eigenvalue weighted by Gasteiger charge is -2.25. The summed E-state index contributed by atoms with van der Waals surface area (Å²) in [4.78, 5) is 11.3. The van der Waals surface area contributed by atoms with Crippen LogP contribution >= 0.6 is 0 Å². The Kier molecular flexibility index (Phi) is 5.36. The van der Waals surface area contributed by atoms with Crippen molar-refractivity contribution in [1.82, 2.24) is 10.0 Å². The number of hydrogen-bond acceptors (Lipinski definition) is 5. The Morgan fingerprint density at radius 2 is 2.00 bits per heavy atom. The summed E-state index contributed by atoms with van der Waals surface area (Å²) in [6.07, 6.45) is 0.790. The molecule has 0 aromatic carbocycles. The van der Waals surface area contributed by atoms with Crippen LogP contribution in [0.4, 0.5) is 0 Å². The van der Waals surface area contributed by atoms with Gasteiger partial charge in [-0.1, -0.05) is 5.16 Å². The fourth-order valence-electron chi connectivity index (χ4n) is 1.12. The molecule has 0 spiro atoms. The zero-order chi connectivity index (χ0) is 13.7. The molecule has 0 heterocycles. The van der Waals surface area contributed by atoms with Crippen LogP contribution in [-0.2, 0) is 14.8 Å². The first kappa shape index (κ1) is 15.7. The van der Waals surface area contributed by atoms with E-state index in [0.29, 0.717) is 0 Å². The molecule has 1 amide bonds. The zero-order valence-electron chi connectivity index (χ0n) is 10.0. The van der Waals surface area contributed by atoms with Crippen molar-refractivity contribution in [1.29, 1.82) is 0 Å². The van der Waals surface area contributed by atoms with Crippen molar-refractivity contribution >= 4 is 21.8 Å². The molecule has 0 aliphatic heterocycles. The Bertz CT molecular complexity index is 402. The van der Waals surface area contributed by atoms with Gasteiger partial charge in [0.1, 0.15) is 5.84 Å². The molecule has 0 unspecified atom stereocenters. The highest BCUT2D eigenvalue weighted by atomic mass is 32.2. The summed E-state index contributed by atoms with van der Waals surface area (Å²) >= 11 is 0. The number of amides is 1. The lowest BCUT2D eigenvalue weighted by molar-refractivity contribution is -0.120. The van der Waals surface area contributed by atoms with Crippen molar-refractivity contribution in [2.45, 2.75) is 25.8 Å². The molecule has 0 rings (SSSR count). The van der Waals surface area contributed by atoms with E-state index >= 15 is 0 Å². The van der Waals surface area contributed by atoms with Crippen molar-refractivity contribution in [3.8, 4) is 0 Å². The number of carbonyl (C=O) groups is 1. The van der Waals surface area contributed by atoms with E-state index < -0.39 is 21.5 Å². The summed E-state index contributed by atoms with van der Waals surface area (Å²) in [6, 6.07) is 0. The van der Waals surface area contributed by atoms with Gasteiger partial charge in [-0.3, -0.25) is 4.79 Å². The molecule has 0 saturated carbocycles. The van der Waals surface area contributed by atoms with Crippen LogP contribution in [-0.4, -0.2) is 43.7 Å². The van der Waals surface area contributed by atoms with Crippen LogP contribution in [0.2, 0.25) is 0 Å². The van der Waals surface area contributed by atoms with E-state index in [-0.39, 0.29) is 18.8 Å². The Balaban J connectivity index is 4.23. The third-order valence-corrected chi connectivity index (χ3v) is 2.58. The molecule has 0 aliphatic carbocycles. The molecule has 0 bridgehead atoms. The zero-order valence-corrected chi connectivity index (χ0v) is 10.8. The van der Waals surface area contributed by atoms with E-state index in [4.69, 9.17) is 10.9 Å². The highest BCUT2D eigenvalue weighted by Gasteiger charge is 2.22. The van der Waals surface area contributed by atoms with Crippen molar-refractivity contribution in [3.63, 3.8) is 0 Å². The van der Waals surface area contributed by atoms with Crippen molar-refractivity contribution < 1.29 is 18.4 Å². The Morgan fingerprint density at radius 3 is 2.41 bits per heavy atom. The van der Waals surface area contributed by atoms with Gasteiger partial charge in [0, 0.05) is 12.1 Å². The van der Waals surface area contributed by atoms with E-state index in [9.17, 15) is 13.2 Å². The van der Waals surface area contributed by atoms with Crippen molar-refractivity contribution in [2.75, 3.05) is 12.8 Å². The minimum absolute atomic E-state index is 0.0949. The smallest absolute Gasteiger partial charge is 0.227 e. The average molecular weight is 266 g/mol. The van der Waals surface area contributed by atoms with Gasteiger partial charge in [0.15, 0.2) is 0 Å². The van der Waals surface area contributed by atoms with Gasteiger partial charge >= 0.3 is 0 Å². The molecule has 9 heteroatoms. The number of nitrogens with two attached hydrogens (primary N) is 1. The van der Waals surface area contributed by atoms with Crippen LogP contribution in [0.5, 0.6) is 0 Å². The van der Waals surface area contributed by atoms with Crippen molar-refractivity contribution in [3.05, 3.63) is 0 Å². The van der Waals surface area contributed by atoms with E-state index in [1.807, 2.05) is 0 Å². The number of sulfonamides is 1. The minimum Gasteiger partial charge on any atom is -0.409 e. The largest absolute Gasteiger partial charge is 0.409 e. The van der Waals surface area contributed by atoms with Crippen LogP contribution in [0.3, 0.4) is 0 Å². The molecule has 0 radical (unpaired) electrons. The molecular weight excluding hydrogens is 248 g/mol. The summed E-state index contributed by atoms with van der Waals surface area (Å²) in [6.45, 7) is 3.34. The molecular formula is C8H18N4O4S. The number of hydrogen-bond donors (Lipinski definition) is 4. The Morgan fingerprint density at radius 1 is 1.47 bits per heavy atom. The van der Waals surface area contributed by atoms with Gasteiger partial charge in [-0.2, -0.15) is 0 Å². The molecule has 0 aromatic rings. The molecule has 5 N–H and O–H groups in total. The van der Waals surface area contributed by atoms with Crippen LogP contribution in [0.15, 0.2) is 5.16 Å². The van der Waals surface area contributed by atoms with Crippen LogP contribution in [0.1, 0.15) is 20.3 Å². The molecule has 0 fully saturated rings. The Hall–Kier alpha value is -1.35. The van der Waals surface area contributed by atoms with Gasteiger partial charge in [-0.25, -0.2) is 13.1 Å². The van der Waals surface area contributed by atoms with Gasteiger partial charge in [-0.15, -0.1) is 0 Å². The van der Waals surface area contributed by atoms with E-state index in [0.717, 1.165) is 6.26 Å². The standard InChI is InChI=1S/C8H18N4O4S/c1-8(2,12-17(3,15)16)5-10-7(13)4-6(9)11-14/h12,14H,4-5H2,1-3H3,(H2,9,11)(H,10,13). The molecule has 8 nitrogen and oxygen atoms in total. The molecule has 0 saturated heterocycles. The second-order valence-electron chi connectivity index (χ2n) is 4.30. The summed E-state index contributed by atoms with van der Waals surface area (Å²) in [5, 5.41) is 13.4. The first-order valence-corrected chi connectivity index (χ1v) is 6.67. The summed E-state index contributed by atoms with van der Waals surface area (Å²) in [7, 11) is -3.35. The summed E-state index contributed by atoms with van der Waals surface area (Å²) in [5.41, 5.74) is 4.33. The number of amidine groups is 1. The number of nitrogens with one attached hydrogen (secondary N) is 2. The molecule has 100 valence electrons. The highest BCUT2D eigenvalue weighted by Crippen LogP contribution is 2.01.